The van der Waals surface area contributed by atoms with Gasteiger partial charge in [0.1, 0.15) is 23.2 Å². The van der Waals surface area contributed by atoms with Gasteiger partial charge >= 0.3 is 0 Å². The van der Waals surface area contributed by atoms with Crippen molar-refractivity contribution < 1.29 is 17.9 Å². The molecule has 70 valence electrons. The predicted molar refractivity (Wildman–Crippen MR) is 43.1 cm³/mol. The lowest BCUT2D eigenvalue weighted by Gasteiger charge is -2.04. The first-order valence-corrected chi connectivity index (χ1v) is 3.44. The summed E-state index contributed by atoms with van der Waals surface area (Å²) in [6.45, 7) is 2.82. The van der Waals surface area contributed by atoms with Crippen LogP contribution in [0.15, 0.2) is 18.7 Å². The minimum atomic E-state index is -1.14. The van der Waals surface area contributed by atoms with Crippen LogP contribution < -0.4 is 4.74 Å². The van der Waals surface area contributed by atoms with Crippen LogP contribution in [0.3, 0.4) is 0 Å². The van der Waals surface area contributed by atoms with E-state index in [9.17, 15) is 13.2 Å². The fourth-order valence-corrected chi connectivity index (χ4v) is 0.927. The van der Waals surface area contributed by atoms with E-state index in [1.54, 1.807) is 0 Å². The van der Waals surface area contributed by atoms with E-state index >= 15 is 0 Å². The molecular weight excluding hydrogens is 181 g/mol. The summed E-state index contributed by atoms with van der Waals surface area (Å²) in [7, 11) is 1.26. The molecular formula is C9H7F3O. The quantitative estimate of drug-likeness (QED) is 0.693. The third-order valence-electron chi connectivity index (χ3n) is 1.52. The highest BCUT2D eigenvalue weighted by Gasteiger charge is 2.14. The number of halogens is 3. The molecule has 1 nitrogen and oxygen atoms in total. The van der Waals surface area contributed by atoms with Gasteiger partial charge in [-0.25, -0.2) is 13.2 Å². The first-order chi connectivity index (χ1) is 6.06. The second-order valence-electron chi connectivity index (χ2n) is 2.37. The molecule has 0 aromatic heterocycles. The summed E-state index contributed by atoms with van der Waals surface area (Å²) < 4.78 is 42.9. The average molecular weight is 188 g/mol. The van der Waals surface area contributed by atoms with E-state index in [0.717, 1.165) is 12.1 Å². The van der Waals surface area contributed by atoms with Gasteiger partial charge in [0.15, 0.2) is 0 Å². The number of benzene rings is 1. The lowest BCUT2D eigenvalue weighted by molar-refractivity contribution is 0.406. The number of hydrogen-bond donors (Lipinski definition) is 0. The van der Waals surface area contributed by atoms with Crippen molar-refractivity contribution in [1.29, 1.82) is 0 Å². The molecule has 1 aromatic rings. The van der Waals surface area contributed by atoms with Gasteiger partial charge in [-0.1, -0.05) is 6.58 Å². The highest BCUT2D eigenvalue weighted by molar-refractivity contribution is 5.58. The van der Waals surface area contributed by atoms with E-state index in [0.29, 0.717) is 0 Å². The smallest absolute Gasteiger partial charge is 0.139 e. The molecule has 0 N–H and O–H groups in total. The Bertz CT molecular complexity index is 324. The number of hydrogen-bond acceptors (Lipinski definition) is 1. The van der Waals surface area contributed by atoms with Crippen LogP contribution in [0, 0.1) is 11.6 Å². The van der Waals surface area contributed by atoms with Gasteiger partial charge in [-0.3, -0.25) is 0 Å². The number of ether oxygens (including phenoxy) is 1. The summed E-state index contributed by atoms with van der Waals surface area (Å²) in [6, 6.07) is 1.78. The summed E-state index contributed by atoms with van der Waals surface area (Å²) >= 11 is 0. The lowest BCUT2D eigenvalue weighted by Crippen LogP contribution is -1.94. The molecule has 0 bridgehead atoms. The second-order valence-corrected chi connectivity index (χ2v) is 2.37. The summed E-state index contributed by atoms with van der Waals surface area (Å²) in [4.78, 5) is 0. The van der Waals surface area contributed by atoms with Crippen molar-refractivity contribution in [2.24, 2.45) is 0 Å². The van der Waals surface area contributed by atoms with Crippen molar-refractivity contribution in [3.63, 3.8) is 0 Å². The molecule has 0 saturated heterocycles. The molecule has 13 heavy (non-hydrogen) atoms. The maximum atomic E-state index is 12.9. The van der Waals surface area contributed by atoms with Crippen LogP contribution in [0.4, 0.5) is 13.2 Å². The van der Waals surface area contributed by atoms with Crippen molar-refractivity contribution >= 4 is 5.83 Å². The first kappa shape index (κ1) is 9.64. The Hall–Kier alpha value is -1.45. The Morgan fingerprint density at radius 3 is 2.08 bits per heavy atom. The average Bonchev–Trinajstić information content (AvgIpc) is 2.02. The lowest BCUT2D eigenvalue weighted by atomic mass is 10.2. The zero-order chi connectivity index (χ0) is 10.0. The number of methoxy groups -OCH3 is 1. The van der Waals surface area contributed by atoms with E-state index in [-0.39, 0.29) is 5.75 Å². The zero-order valence-electron chi connectivity index (χ0n) is 6.90. The molecule has 1 rings (SSSR count). The molecule has 0 saturated carbocycles. The SMILES string of the molecule is C=C(F)c1c(F)cc(OC)cc1F. The molecule has 0 aliphatic rings. The molecule has 0 aliphatic carbocycles. The third-order valence-corrected chi connectivity index (χ3v) is 1.52. The van der Waals surface area contributed by atoms with Crippen LogP contribution in [-0.2, 0) is 0 Å². The first-order valence-electron chi connectivity index (χ1n) is 3.44. The van der Waals surface area contributed by atoms with Crippen LogP contribution in [0.1, 0.15) is 5.56 Å². The molecule has 0 radical (unpaired) electrons. The minimum Gasteiger partial charge on any atom is -0.497 e. The van der Waals surface area contributed by atoms with Crippen molar-refractivity contribution in [2.45, 2.75) is 0 Å². The normalized spacial score (nSPS) is 9.85. The van der Waals surface area contributed by atoms with Crippen LogP contribution in [0.2, 0.25) is 0 Å². The van der Waals surface area contributed by atoms with Crippen LogP contribution in [0.5, 0.6) is 5.75 Å². The fourth-order valence-electron chi connectivity index (χ4n) is 0.927. The highest BCUT2D eigenvalue weighted by Crippen LogP contribution is 2.25. The fraction of sp³-hybridized carbons (Fsp3) is 0.111. The Balaban J connectivity index is 3.31. The molecule has 0 fully saturated rings. The molecule has 4 heteroatoms. The maximum Gasteiger partial charge on any atom is 0.139 e. The Labute approximate surface area is 73.4 Å². The monoisotopic (exact) mass is 188 g/mol. The van der Waals surface area contributed by atoms with Gasteiger partial charge in [0.05, 0.1) is 12.7 Å². The molecule has 0 heterocycles. The predicted octanol–water partition coefficient (Wildman–Crippen LogP) is 2.91. The summed E-state index contributed by atoms with van der Waals surface area (Å²) in [5, 5.41) is 0. The maximum absolute atomic E-state index is 12.9. The molecule has 1 aromatic carbocycles. The second kappa shape index (κ2) is 3.51. The molecule has 0 aliphatic heterocycles. The minimum absolute atomic E-state index is 0.000000000000000444. The molecule has 0 unspecified atom stereocenters. The van der Waals surface area contributed by atoms with E-state index < -0.39 is 23.0 Å². The topological polar surface area (TPSA) is 9.23 Å². The van der Waals surface area contributed by atoms with Gasteiger partial charge in [0, 0.05) is 12.1 Å². The van der Waals surface area contributed by atoms with Crippen LogP contribution in [0.25, 0.3) is 5.83 Å². The molecule has 0 amide bonds. The molecule has 0 spiro atoms. The summed E-state index contributed by atoms with van der Waals surface area (Å²) in [6.07, 6.45) is 0. The summed E-state index contributed by atoms with van der Waals surface area (Å²) in [5.41, 5.74) is -0.749. The van der Waals surface area contributed by atoms with Crippen molar-refractivity contribution in [2.75, 3.05) is 7.11 Å². The highest BCUT2D eigenvalue weighted by atomic mass is 19.1. The Kier molecular flexibility index (Phi) is 2.60. The van der Waals surface area contributed by atoms with E-state index in [4.69, 9.17) is 0 Å². The Morgan fingerprint density at radius 2 is 1.77 bits per heavy atom. The van der Waals surface area contributed by atoms with Gasteiger partial charge in [-0.05, 0) is 0 Å². The van der Waals surface area contributed by atoms with Gasteiger partial charge < -0.3 is 4.74 Å². The van der Waals surface area contributed by atoms with Crippen molar-refractivity contribution in [3.05, 3.63) is 35.9 Å². The van der Waals surface area contributed by atoms with E-state index in [2.05, 4.69) is 11.3 Å². The third kappa shape index (κ3) is 1.83. The zero-order valence-corrected chi connectivity index (χ0v) is 6.90. The van der Waals surface area contributed by atoms with E-state index in [1.165, 1.54) is 7.11 Å². The molecule has 0 atom stereocenters. The van der Waals surface area contributed by atoms with Crippen molar-refractivity contribution in [3.8, 4) is 5.75 Å². The van der Waals surface area contributed by atoms with Gasteiger partial charge in [0.2, 0.25) is 0 Å². The largest absolute Gasteiger partial charge is 0.497 e. The van der Waals surface area contributed by atoms with Crippen LogP contribution in [-0.4, -0.2) is 7.11 Å². The van der Waals surface area contributed by atoms with Gasteiger partial charge in [-0.15, -0.1) is 0 Å². The Morgan fingerprint density at radius 1 is 1.31 bits per heavy atom. The summed E-state index contributed by atoms with van der Waals surface area (Å²) in [5.74, 6) is -3.19. The standard InChI is InChI=1S/C9H7F3O/c1-5(10)9-7(11)3-6(13-2)4-8(9)12/h3-4H,1H2,2H3. The number of rotatable bonds is 2. The van der Waals surface area contributed by atoms with Gasteiger partial charge in [0.25, 0.3) is 0 Å². The van der Waals surface area contributed by atoms with E-state index in [1.807, 2.05) is 0 Å². The van der Waals surface area contributed by atoms with Gasteiger partial charge in [-0.2, -0.15) is 0 Å². The van der Waals surface area contributed by atoms with Crippen molar-refractivity contribution in [1.82, 2.24) is 0 Å². The van der Waals surface area contributed by atoms with Crippen LogP contribution >= 0.6 is 0 Å².